The Morgan fingerprint density at radius 2 is 2.06 bits per heavy atom. The van der Waals surface area contributed by atoms with Crippen molar-refractivity contribution in [3.8, 4) is 0 Å². The molecule has 0 fully saturated rings. The van der Waals surface area contributed by atoms with E-state index in [1.807, 2.05) is 24.3 Å². The van der Waals surface area contributed by atoms with Gasteiger partial charge < -0.3 is 10.0 Å². The number of carbonyl (C=O) groups is 2. The molecule has 1 N–H and O–H groups in total. The van der Waals surface area contributed by atoms with Crippen LogP contribution in [0.3, 0.4) is 0 Å². The highest BCUT2D eigenvalue weighted by Crippen LogP contribution is 2.26. The predicted molar refractivity (Wildman–Crippen MR) is 66.4 cm³/mol. The molecule has 2 aromatic rings. The van der Waals surface area contributed by atoms with Crippen molar-refractivity contribution in [1.82, 2.24) is 4.90 Å². The number of amides is 1. The largest absolute Gasteiger partial charge is 0.480 e. The fourth-order valence-corrected chi connectivity index (χ4v) is 2.56. The highest BCUT2D eigenvalue weighted by Gasteiger charge is 2.17. The van der Waals surface area contributed by atoms with Crippen molar-refractivity contribution in [3.63, 3.8) is 0 Å². The molecule has 0 bridgehead atoms. The minimum absolute atomic E-state index is 0.259. The third-order valence-corrected chi connectivity index (χ3v) is 3.39. The predicted octanol–water partition coefficient (Wildman–Crippen LogP) is 2.06. The maximum Gasteiger partial charge on any atom is 0.323 e. The molecule has 1 heterocycles. The molecule has 1 aromatic carbocycles. The molecule has 1 amide bonds. The Morgan fingerprint density at radius 3 is 2.76 bits per heavy atom. The summed E-state index contributed by atoms with van der Waals surface area (Å²) < 4.78 is 1.03. The van der Waals surface area contributed by atoms with Crippen LogP contribution >= 0.6 is 11.3 Å². The van der Waals surface area contributed by atoms with E-state index in [9.17, 15) is 9.59 Å². The van der Waals surface area contributed by atoms with Gasteiger partial charge in [0.05, 0.1) is 5.56 Å². The number of hydrogen-bond donors (Lipinski definition) is 1. The first-order chi connectivity index (χ1) is 8.09. The van der Waals surface area contributed by atoms with Crippen LogP contribution in [0.5, 0.6) is 0 Å². The molecule has 0 aliphatic rings. The van der Waals surface area contributed by atoms with E-state index in [1.165, 1.54) is 23.3 Å². The number of carboxylic acid groups (broad SMARTS) is 1. The third-order valence-electron chi connectivity index (χ3n) is 2.43. The summed E-state index contributed by atoms with van der Waals surface area (Å²) >= 11 is 1.48. The van der Waals surface area contributed by atoms with E-state index in [1.54, 1.807) is 5.38 Å². The van der Waals surface area contributed by atoms with Gasteiger partial charge in [0.2, 0.25) is 0 Å². The van der Waals surface area contributed by atoms with Crippen molar-refractivity contribution < 1.29 is 14.7 Å². The number of rotatable bonds is 3. The molecule has 0 saturated carbocycles. The molecule has 2 rings (SSSR count). The molecule has 0 radical (unpaired) electrons. The van der Waals surface area contributed by atoms with Gasteiger partial charge in [-0.05, 0) is 6.07 Å². The van der Waals surface area contributed by atoms with E-state index >= 15 is 0 Å². The van der Waals surface area contributed by atoms with Crippen molar-refractivity contribution in [1.29, 1.82) is 0 Å². The second kappa shape index (κ2) is 4.55. The van der Waals surface area contributed by atoms with Crippen molar-refractivity contribution in [3.05, 3.63) is 35.2 Å². The summed E-state index contributed by atoms with van der Waals surface area (Å²) in [5.74, 6) is -1.27. The van der Waals surface area contributed by atoms with Crippen LogP contribution in [0.2, 0.25) is 0 Å². The molecular formula is C12H11NO3S. The van der Waals surface area contributed by atoms with E-state index in [2.05, 4.69) is 0 Å². The zero-order valence-electron chi connectivity index (χ0n) is 9.21. The number of carbonyl (C=O) groups excluding carboxylic acids is 1. The van der Waals surface area contributed by atoms with Gasteiger partial charge in [-0.2, -0.15) is 0 Å². The number of nitrogens with zero attached hydrogens (tertiary/aromatic N) is 1. The number of likely N-dealkylation sites (N-methyl/N-ethyl adjacent to an activating group) is 1. The molecule has 0 aliphatic carbocycles. The van der Waals surface area contributed by atoms with Crippen molar-refractivity contribution in [2.24, 2.45) is 0 Å². The van der Waals surface area contributed by atoms with Crippen LogP contribution in [0.1, 0.15) is 10.4 Å². The quantitative estimate of drug-likeness (QED) is 0.905. The summed E-state index contributed by atoms with van der Waals surface area (Å²) in [6.45, 7) is -0.289. The molecule has 0 atom stereocenters. The monoisotopic (exact) mass is 249 g/mol. The van der Waals surface area contributed by atoms with Gasteiger partial charge in [-0.15, -0.1) is 11.3 Å². The van der Waals surface area contributed by atoms with Crippen molar-refractivity contribution >= 4 is 33.3 Å². The van der Waals surface area contributed by atoms with Crippen LogP contribution in [0.25, 0.3) is 10.1 Å². The van der Waals surface area contributed by atoms with E-state index in [0.29, 0.717) is 5.56 Å². The summed E-state index contributed by atoms with van der Waals surface area (Å²) in [4.78, 5) is 23.8. The Bertz CT molecular complexity index is 576. The Morgan fingerprint density at radius 1 is 1.35 bits per heavy atom. The number of hydrogen-bond acceptors (Lipinski definition) is 3. The fourth-order valence-electron chi connectivity index (χ4n) is 1.62. The minimum Gasteiger partial charge on any atom is -0.480 e. The summed E-state index contributed by atoms with van der Waals surface area (Å²) in [6.07, 6.45) is 0. The first-order valence-corrected chi connectivity index (χ1v) is 5.91. The van der Waals surface area contributed by atoms with Crippen LogP contribution in [-0.4, -0.2) is 35.5 Å². The van der Waals surface area contributed by atoms with Crippen molar-refractivity contribution in [2.45, 2.75) is 0 Å². The Hall–Kier alpha value is -1.88. The first kappa shape index (κ1) is 11.6. The first-order valence-electron chi connectivity index (χ1n) is 5.03. The molecular weight excluding hydrogens is 238 g/mol. The molecule has 0 unspecified atom stereocenters. The molecule has 88 valence electrons. The molecule has 5 heteroatoms. The van der Waals surface area contributed by atoms with Gasteiger partial charge in [0.15, 0.2) is 0 Å². The van der Waals surface area contributed by atoms with E-state index in [4.69, 9.17) is 5.11 Å². The summed E-state index contributed by atoms with van der Waals surface area (Å²) in [5, 5.41) is 11.3. The van der Waals surface area contributed by atoms with Gasteiger partial charge in [0.1, 0.15) is 6.54 Å². The maximum absolute atomic E-state index is 12.0. The Labute approximate surface area is 102 Å². The standard InChI is InChI=1S/C12H11NO3S/c1-13(6-11(14)15)12(16)9-7-17-10-5-3-2-4-8(9)10/h2-5,7H,6H2,1H3,(H,14,15). The molecule has 17 heavy (non-hydrogen) atoms. The SMILES string of the molecule is CN(CC(=O)O)C(=O)c1csc2ccccc12. The topological polar surface area (TPSA) is 57.6 Å². The molecule has 0 saturated heterocycles. The lowest BCUT2D eigenvalue weighted by atomic mass is 10.1. The van der Waals surface area contributed by atoms with Crippen LogP contribution in [-0.2, 0) is 4.79 Å². The molecule has 0 aliphatic heterocycles. The summed E-state index contributed by atoms with van der Waals surface area (Å²) in [5.41, 5.74) is 0.564. The zero-order chi connectivity index (χ0) is 12.4. The fraction of sp³-hybridized carbons (Fsp3) is 0.167. The average Bonchev–Trinajstić information content (AvgIpc) is 2.70. The lowest BCUT2D eigenvalue weighted by molar-refractivity contribution is -0.137. The van der Waals surface area contributed by atoms with Crippen LogP contribution < -0.4 is 0 Å². The Kier molecular flexibility index (Phi) is 3.10. The van der Waals surface area contributed by atoms with Crippen LogP contribution in [0.15, 0.2) is 29.6 Å². The van der Waals surface area contributed by atoms with Gasteiger partial charge in [-0.3, -0.25) is 9.59 Å². The number of benzene rings is 1. The average molecular weight is 249 g/mol. The lowest BCUT2D eigenvalue weighted by Gasteiger charge is -2.13. The third kappa shape index (κ3) is 2.29. The van der Waals surface area contributed by atoms with Gasteiger partial charge in [-0.25, -0.2) is 0 Å². The molecule has 4 nitrogen and oxygen atoms in total. The summed E-state index contributed by atoms with van der Waals surface area (Å²) in [6, 6.07) is 7.58. The van der Waals surface area contributed by atoms with Gasteiger partial charge in [0, 0.05) is 22.5 Å². The van der Waals surface area contributed by atoms with E-state index < -0.39 is 5.97 Å². The van der Waals surface area contributed by atoms with E-state index in [0.717, 1.165) is 10.1 Å². The van der Waals surface area contributed by atoms with Gasteiger partial charge in [0.25, 0.3) is 5.91 Å². The number of fused-ring (bicyclic) bond motifs is 1. The Balaban J connectivity index is 2.33. The second-order valence-corrected chi connectivity index (χ2v) is 4.61. The number of aliphatic carboxylic acids is 1. The number of carboxylic acids is 1. The normalized spacial score (nSPS) is 10.4. The highest BCUT2D eigenvalue weighted by atomic mass is 32.1. The minimum atomic E-state index is -1.01. The highest BCUT2D eigenvalue weighted by molar-refractivity contribution is 7.17. The van der Waals surface area contributed by atoms with E-state index in [-0.39, 0.29) is 12.5 Å². The van der Waals surface area contributed by atoms with Gasteiger partial charge in [-0.1, -0.05) is 18.2 Å². The number of thiophene rings is 1. The molecule has 1 aromatic heterocycles. The second-order valence-electron chi connectivity index (χ2n) is 3.70. The smallest absolute Gasteiger partial charge is 0.323 e. The van der Waals surface area contributed by atoms with Gasteiger partial charge >= 0.3 is 5.97 Å². The summed E-state index contributed by atoms with van der Waals surface area (Å²) in [7, 11) is 1.49. The van der Waals surface area contributed by atoms with Crippen LogP contribution in [0, 0.1) is 0 Å². The maximum atomic E-state index is 12.0. The van der Waals surface area contributed by atoms with Crippen LogP contribution in [0.4, 0.5) is 0 Å². The zero-order valence-corrected chi connectivity index (χ0v) is 10.0. The molecule has 0 spiro atoms. The van der Waals surface area contributed by atoms with Crippen molar-refractivity contribution in [2.75, 3.05) is 13.6 Å². The lowest BCUT2D eigenvalue weighted by Crippen LogP contribution is -2.31.